The number of nitrogens with zero attached hydrogens (tertiary/aromatic N) is 1. The molecule has 2 aromatic carbocycles. The number of halogens is 1. The molecule has 0 aliphatic carbocycles. The predicted octanol–water partition coefficient (Wildman–Crippen LogP) is 3.68. The molecule has 1 fully saturated rings. The number of anilines is 2. The molecule has 1 aliphatic rings. The Morgan fingerprint density at radius 3 is 2.62 bits per heavy atom. The van der Waals surface area contributed by atoms with Gasteiger partial charge in [-0.05, 0) is 68.1 Å². The van der Waals surface area contributed by atoms with E-state index >= 15 is 0 Å². The fourth-order valence-electron chi connectivity index (χ4n) is 3.05. The molecule has 3 amide bonds. The van der Waals surface area contributed by atoms with Crippen molar-refractivity contribution in [1.82, 2.24) is 5.32 Å². The molecule has 2 N–H and O–H groups in total. The average molecular weight is 355 g/mol. The highest BCUT2D eigenvalue weighted by atomic mass is 19.1. The van der Waals surface area contributed by atoms with E-state index < -0.39 is 12.1 Å². The van der Waals surface area contributed by atoms with Crippen LogP contribution in [0.2, 0.25) is 0 Å². The lowest BCUT2D eigenvalue weighted by atomic mass is 10.1. The van der Waals surface area contributed by atoms with Crippen molar-refractivity contribution in [3.63, 3.8) is 0 Å². The molecule has 6 heteroatoms. The van der Waals surface area contributed by atoms with Crippen LogP contribution < -0.4 is 15.5 Å². The maximum absolute atomic E-state index is 13.4. The lowest BCUT2D eigenvalue weighted by Crippen LogP contribution is -2.43. The van der Waals surface area contributed by atoms with Gasteiger partial charge in [0.1, 0.15) is 11.9 Å². The van der Waals surface area contributed by atoms with Crippen LogP contribution in [0.1, 0.15) is 23.1 Å². The van der Waals surface area contributed by atoms with Gasteiger partial charge in [0.2, 0.25) is 5.91 Å². The van der Waals surface area contributed by atoms with Crippen LogP contribution in [0.5, 0.6) is 0 Å². The van der Waals surface area contributed by atoms with Gasteiger partial charge in [0.05, 0.1) is 0 Å². The third-order valence-corrected chi connectivity index (χ3v) is 4.61. The molecule has 2 aromatic rings. The fraction of sp³-hybridized carbons (Fsp3) is 0.300. The van der Waals surface area contributed by atoms with Gasteiger partial charge in [-0.2, -0.15) is 0 Å². The number of urea groups is 1. The number of rotatable bonds is 3. The first-order chi connectivity index (χ1) is 12.3. The monoisotopic (exact) mass is 355 g/mol. The molecule has 26 heavy (non-hydrogen) atoms. The van der Waals surface area contributed by atoms with Crippen LogP contribution >= 0.6 is 0 Å². The van der Waals surface area contributed by atoms with E-state index in [0.29, 0.717) is 24.2 Å². The zero-order valence-corrected chi connectivity index (χ0v) is 15.1. The zero-order chi connectivity index (χ0) is 18.8. The molecule has 0 bridgehead atoms. The van der Waals surface area contributed by atoms with E-state index in [1.54, 1.807) is 24.0 Å². The van der Waals surface area contributed by atoms with E-state index in [2.05, 4.69) is 10.6 Å². The van der Waals surface area contributed by atoms with Crippen molar-refractivity contribution < 1.29 is 14.0 Å². The van der Waals surface area contributed by atoms with Gasteiger partial charge in [-0.1, -0.05) is 12.1 Å². The van der Waals surface area contributed by atoms with Crippen LogP contribution in [0, 0.1) is 26.6 Å². The molecular weight excluding hydrogens is 333 g/mol. The van der Waals surface area contributed by atoms with Crippen molar-refractivity contribution >= 4 is 23.3 Å². The molecular formula is C20H22FN3O2. The van der Waals surface area contributed by atoms with Gasteiger partial charge in [-0.15, -0.1) is 0 Å². The highest BCUT2D eigenvalue weighted by Crippen LogP contribution is 2.24. The first-order valence-corrected chi connectivity index (χ1v) is 8.57. The van der Waals surface area contributed by atoms with E-state index in [1.165, 1.54) is 6.07 Å². The second-order valence-electron chi connectivity index (χ2n) is 6.68. The van der Waals surface area contributed by atoms with Gasteiger partial charge < -0.3 is 15.5 Å². The first-order valence-electron chi connectivity index (χ1n) is 8.57. The molecule has 3 rings (SSSR count). The molecule has 5 nitrogen and oxygen atoms in total. The highest BCUT2D eigenvalue weighted by molar-refractivity contribution is 6.02. The van der Waals surface area contributed by atoms with Crippen LogP contribution in [0.25, 0.3) is 0 Å². The van der Waals surface area contributed by atoms with Gasteiger partial charge in [-0.25, -0.2) is 9.18 Å². The number of hydrogen-bond acceptors (Lipinski definition) is 2. The Labute approximate surface area is 152 Å². The second-order valence-corrected chi connectivity index (χ2v) is 6.68. The third-order valence-electron chi connectivity index (χ3n) is 4.61. The zero-order valence-electron chi connectivity index (χ0n) is 15.1. The van der Waals surface area contributed by atoms with Gasteiger partial charge in [0, 0.05) is 17.9 Å². The number of carbonyl (C=O) groups is 2. The van der Waals surface area contributed by atoms with E-state index in [-0.39, 0.29) is 11.7 Å². The maximum Gasteiger partial charge on any atom is 0.319 e. The van der Waals surface area contributed by atoms with Crippen molar-refractivity contribution in [3.8, 4) is 0 Å². The van der Waals surface area contributed by atoms with Crippen molar-refractivity contribution in [3.05, 3.63) is 58.9 Å². The van der Waals surface area contributed by atoms with Crippen LogP contribution in [-0.2, 0) is 4.79 Å². The van der Waals surface area contributed by atoms with Crippen molar-refractivity contribution in [2.45, 2.75) is 33.2 Å². The third kappa shape index (κ3) is 3.69. The SMILES string of the molecule is Cc1ccc(C)c(NC(=O)N[C@@H]2CCN(c3ccc(F)c(C)c3)C2=O)c1. The minimum Gasteiger partial charge on any atom is -0.326 e. The van der Waals surface area contributed by atoms with Gasteiger partial charge >= 0.3 is 6.03 Å². The first kappa shape index (κ1) is 17.9. The summed E-state index contributed by atoms with van der Waals surface area (Å²) in [6, 6.07) is 9.38. The summed E-state index contributed by atoms with van der Waals surface area (Å²) in [6.45, 7) is 6.00. The molecule has 1 aliphatic heterocycles. The summed E-state index contributed by atoms with van der Waals surface area (Å²) in [4.78, 5) is 26.5. The van der Waals surface area contributed by atoms with Crippen molar-refractivity contribution in [2.75, 3.05) is 16.8 Å². The summed E-state index contributed by atoms with van der Waals surface area (Å²) in [7, 11) is 0. The number of benzene rings is 2. The van der Waals surface area contributed by atoms with Crippen molar-refractivity contribution in [2.24, 2.45) is 0 Å². The lowest BCUT2D eigenvalue weighted by molar-refractivity contribution is -0.118. The van der Waals surface area contributed by atoms with Gasteiger partial charge in [0.15, 0.2) is 0 Å². The summed E-state index contributed by atoms with van der Waals surface area (Å²) >= 11 is 0. The Balaban J connectivity index is 1.65. The molecule has 1 atom stereocenters. The molecule has 1 saturated heterocycles. The highest BCUT2D eigenvalue weighted by Gasteiger charge is 2.33. The number of hydrogen-bond donors (Lipinski definition) is 2. The Hall–Kier alpha value is -2.89. The largest absolute Gasteiger partial charge is 0.326 e. The number of amides is 3. The Morgan fingerprint density at radius 2 is 1.88 bits per heavy atom. The normalized spacial score (nSPS) is 16.7. The standard InChI is InChI=1S/C20H22FN3O2/c1-12-4-5-13(2)18(10-12)23-20(26)22-17-8-9-24(19(17)25)15-6-7-16(21)14(3)11-15/h4-7,10-11,17H,8-9H2,1-3H3,(H2,22,23,26)/t17-/m1/s1. The predicted molar refractivity (Wildman–Crippen MR) is 100.0 cm³/mol. The number of aryl methyl sites for hydroxylation is 3. The molecule has 136 valence electrons. The van der Waals surface area contributed by atoms with Gasteiger partial charge in [-0.3, -0.25) is 4.79 Å². The number of nitrogens with one attached hydrogen (secondary N) is 2. The summed E-state index contributed by atoms with van der Waals surface area (Å²) in [6.07, 6.45) is 0.509. The Kier molecular flexibility index (Phi) is 4.93. The molecule has 0 radical (unpaired) electrons. The summed E-state index contributed by atoms with van der Waals surface area (Å²) < 4.78 is 13.4. The van der Waals surface area contributed by atoms with E-state index in [1.807, 2.05) is 32.0 Å². The summed E-state index contributed by atoms with van der Waals surface area (Å²) in [5, 5.41) is 5.53. The van der Waals surface area contributed by atoms with E-state index in [0.717, 1.165) is 16.8 Å². The van der Waals surface area contributed by atoms with E-state index in [9.17, 15) is 14.0 Å². The topological polar surface area (TPSA) is 61.4 Å². The molecule has 1 heterocycles. The number of carbonyl (C=O) groups excluding carboxylic acids is 2. The molecule has 0 spiro atoms. The quantitative estimate of drug-likeness (QED) is 0.882. The molecule has 0 saturated carbocycles. The van der Waals surface area contributed by atoms with Gasteiger partial charge in [0.25, 0.3) is 0 Å². The summed E-state index contributed by atoms with van der Waals surface area (Å²) in [5.41, 5.74) is 3.85. The summed E-state index contributed by atoms with van der Waals surface area (Å²) in [5.74, 6) is -0.491. The Morgan fingerprint density at radius 1 is 1.12 bits per heavy atom. The molecule has 0 unspecified atom stereocenters. The lowest BCUT2D eigenvalue weighted by Gasteiger charge is -2.18. The van der Waals surface area contributed by atoms with Crippen molar-refractivity contribution in [1.29, 1.82) is 0 Å². The van der Waals surface area contributed by atoms with Crippen LogP contribution in [0.4, 0.5) is 20.6 Å². The average Bonchev–Trinajstić information content (AvgIpc) is 2.94. The second kappa shape index (κ2) is 7.15. The minimum atomic E-state index is -0.592. The van der Waals surface area contributed by atoms with Crippen LogP contribution in [-0.4, -0.2) is 24.5 Å². The van der Waals surface area contributed by atoms with E-state index in [4.69, 9.17) is 0 Å². The maximum atomic E-state index is 13.4. The molecule has 0 aromatic heterocycles. The fourth-order valence-corrected chi connectivity index (χ4v) is 3.05. The smallest absolute Gasteiger partial charge is 0.319 e. The Bertz CT molecular complexity index is 866. The van der Waals surface area contributed by atoms with Crippen LogP contribution in [0.3, 0.4) is 0 Å². The van der Waals surface area contributed by atoms with Crippen LogP contribution in [0.15, 0.2) is 36.4 Å². The minimum absolute atomic E-state index is 0.188.